The minimum atomic E-state index is -0.361. The number of alkyl carbamates (subject to hydrolysis) is 1. The van der Waals surface area contributed by atoms with Crippen LogP contribution in [0.5, 0.6) is 0 Å². The van der Waals surface area contributed by atoms with Gasteiger partial charge in [0.25, 0.3) is 0 Å². The van der Waals surface area contributed by atoms with Crippen LogP contribution in [0.15, 0.2) is 60.7 Å². The Labute approximate surface area is 172 Å². The van der Waals surface area contributed by atoms with Crippen LogP contribution in [0.2, 0.25) is 0 Å². The molecule has 0 atom stereocenters. The number of benzene rings is 2. The van der Waals surface area contributed by atoms with Crippen molar-refractivity contribution in [3.8, 4) is 22.5 Å². The van der Waals surface area contributed by atoms with Gasteiger partial charge in [-0.3, -0.25) is 0 Å². The molecule has 0 fully saturated rings. The molecule has 0 bridgehead atoms. The summed E-state index contributed by atoms with van der Waals surface area (Å²) < 4.78 is 6.92. The van der Waals surface area contributed by atoms with Gasteiger partial charge in [0.1, 0.15) is 5.82 Å². The van der Waals surface area contributed by atoms with Crippen molar-refractivity contribution < 1.29 is 9.53 Å². The number of carbonyl (C=O) groups excluding carboxylic acids is 1. The Bertz CT molecular complexity index is 905. The van der Waals surface area contributed by atoms with E-state index in [4.69, 9.17) is 4.98 Å². The van der Waals surface area contributed by atoms with Gasteiger partial charge in [-0.05, 0) is 19.8 Å². The number of hydrogen-bond acceptors (Lipinski definition) is 3. The molecule has 3 aromatic rings. The normalized spacial score (nSPS) is 10.7. The Kier molecular flexibility index (Phi) is 7.45. The smallest absolute Gasteiger partial charge is 0.406 e. The quantitative estimate of drug-likeness (QED) is 0.494. The number of ether oxygens (including phenoxy) is 1. The van der Waals surface area contributed by atoms with Gasteiger partial charge in [0.15, 0.2) is 0 Å². The number of unbranched alkanes of at least 4 members (excludes halogenated alkanes) is 3. The predicted octanol–water partition coefficient (Wildman–Crippen LogP) is 5.44. The highest BCUT2D eigenvalue weighted by atomic mass is 16.5. The monoisotopic (exact) mass is 391 g/mol. The molecule has 0 aliphatic rings. The lowest BCUT2D eigenvalue weighted by molar-refractivity contribution is 0.171. The first kappa shape index (κ1) is 20.6. The van der Waals surface area contributed by atoms with E-state index in [2.05, 4.69) is 70.1 Å². The average Bonchev–Trinajstić information content (AvgIpc) is 3.10. The summed E-state index contributed by atoms with van der Waals surface area (Å²) in [4.78, 5) is 16.0. The van der Waals surface area contributed by atoms with E-state index in [1.807, 2.05) is 12.1 Å². The number of aryl methyl sites for hydroxylation is 1. The van der Waals surface area contributed by atoms with Crippen molar-refractivity contribution in [2.75, 3.05) is 13.7 Å². The SMILES string of the molecule is COC(=O)NCCCCCCn1c(C)nc(-c2ccccc2)c1-c1ccccc1. The molecule has 29 heavy (non-hydrogen) atoms. The third kappa shape index (κ3) is 5.47. The first-order valence-electron chi connectivity index (χ1n) is 10.2. The highest BCUT2D eigenvalue weighted by Gasteiger charge is 2.17. The Morgan fingerprint density at radius 1 is 0.931 bits per heavy atom. The number of carbonyl (C=O) groups is 1. The minimum absolute atomic E-state index is 0.361. The molecule has 0 saturated carbocycles. The summed E-state index contributed by atoms with van der Waals surface area (Å²) in [7, 11) is 1.39. The van der Waals surface area contributed by atoms with Crippen molar-refractivity contribution >= 4 is 6.09 Å². The van der Waals surface area contributed by atoms with Crippen molar-refractivity contribution in [3.05, 3.63) is 66.5 Å². The molecule has 0 radical (unpaired) electrons. The van der Waals surface area contributed by atoms with Gasteiger partial charge in [-0.1, -0.05) is 73.5 Å². The first-order chi connectivity index (χ1) is 14.2. The Hall–Kier alpha value is -3.08. The van der Waals surface area contributed by atoms with E-state index < -0.39 is 0 Å². The molecular formula is C24H29N3O2. The first-order valence-corrected chi connectivity index (χ1v) is 10.2. The van der Waals surface area contributed by atoms with Crippen LogP contribution in [0.3, 0.4) is 0 Å². The van der Waals surface area contributed by atoms with Crippen LogP contribution in [0.4, 0.5) is 4.79 Å². The van der Waals surface area contributed by atoms with E-state index in [9.17, 15) is 4.79 Å². The summed E-state index contributed by atoms with van der Waals surface area (Å²) >= 11 is 0. The maximum Gasteiger partial charge on any atom is 0.406 e. The van der Waals surface area contributed by atoms with Crippen LogP contribution in [0.25, 0.3) is 22.5 Å². The summed E-state index contributed by atoms with van der Waals surface area (Å²) in [6, 6.07) is 20.9. The molecule has 1 amide bonds. The number of aromatic nitrogens is 2. The molecule has 2 aromatic carbocycles. The zero-order chi connectivity index (χ0) is 20.5. The number of hydrogen-bond donors (Lipinski definition) is 1. The second-order valence-corrected chi connectivity index (χ2v) is 7.07. The maximum absolute atomic E-state index is 11.1. The highest BCUT2D eigenvalue weighted by Crippen LogP contribution is 2.33. The van der Waals surface area contributed by atoms with Crippen LogP contribution in [-0.4, -0.2) is 29.3 Å². The van der Waals surface area contributed by atoms with Gasteiger partial charge in [0.05, 0.1) is 18.5 Å². The highest BCUT2D eigenvalue weighted by molar-refractivity contribution is 5.79. The Balaban J connectivity index is 1.70. The van der Waals surface area contributed by atoms with Crippen LogP contribution in [0, 0.1) is 6.92 Å². The van der Waals surface area contributed by atoms with E-state index >= 15 is 0 Å². The lowest BCUT2D eigenvalue weighted by atomic mass is 10.0. The summed E-state index contributed by atoms with van der Waals surface area (Å²) in [6.45, 7) is 3.67. The lowest BCUT2D eigenvalue weighted by Gasteiger charge is -2.12. The summed E-state index contributed by atoms with van der Waals surface area (Å²) in [6.07, 6.45) is 3.85. The average molecular weight is 392 g/mol. The number of nitrogens with one attached hydrogen (secondary N) is 1. The fraction of sp³-hybridized carbons (Fsp3) is 0.333. The zero-order valence-electron chi connectivity index (χ0n) is 17.2. The van der Waals surface area contributed by atoms with Gasteiger partial charge in [0, 0.05) is 24.2 Å². The van der Waals surface area contributed by atoms with Gasteiger partial charge < -0.3 is 14.6 Å². The van der Waals surface area contributed by atoms with Crippen molar-refractivity contribution in [2.45, 2.75) is 39.2 Å². The van der Waals surface area contributed by atoms with Crippen LogP contribution >= 0.6 is 0 Å². The van der Waals surface area contributed by atoms with Crippen molar-refractivity contribution in [2.24, 2.45) is 0 Å². The summed E-state index contributed by atoms with van der Waals surface area (Å²) in [5.74, 6) is 1.04. The molecule has 0 aliphatic carbocycles. The molecule has 3 rings (SSSR count). The predicted molar refractivity (Wildman–Crippen MR) is 117 cm³/mol. The van der Waals surface area contributed by atoms with Gasteiger partial charge in [-0.25, -0.2) is 9.78 Å². The summed E-state index contributed by atoms with van der Waals surface area (Å²) in [5.41, 5.74) is 4.55. The van der Waals surface area contributed by atoms with E-state index in [0.717, 1.165) is 49.3 Å². The molecule has 5 nitrogen and oxygen atoms in total. The third-order valence-corrected chi connectivity index (χ3v) is 5.02. The largest absolute Gasteiger partial charge is 0.453 e. The Morgan fingerprint density at radius 3 is 2.21 bits per heavy atom. The van der Waals surface area contributed by atoms with Gasteiger partial charge in [-0.15, -0.1) is 0 Å². The van der Waals surface area contributed by atoms with E-state index in [-0.39, 0.29) is 6.09 Å². The number of amides is 1. The maximum atomic E-state index is 11.1. The summed E-state index contributed by atoms with van der Waals surface area (Å²) in [5, 5.41) is 2.73. The van der Waals surface area contributed by atoms with E-state index in [1.54, 1.807) is 0 Å². The van der Waals surface area contributed by atoms with Crippen LogP contribution in [-0.2, 0) is 11.3 Å². The number of nitrogens with zero attached hydrogens (tertiary/aromatic N) is 2. The zero-order valence-corrected chi connectivity index (χ0v) is 17.2. The molecule has 0 unspecified atom stereocenters. The fourth-order valence-electron chi connectivity index (χ4n) is 3.54. The lowest BCUT2D eigenvalue weighted by Crippen LogP contribution is -2.23. The van der Waals surface area contributed by atoms with Crippen molar-refractivity contribution in [1.29, 1.82) is 0 Å². The van der Waals surface area contributed by atoms with E-state index in [0.29, 0.717) is 6.54 Å². The standard InChI is InChI=1S/C24H29N3O2/c1-19-26-22(20-13-7-5-8-14-20)23(21-15-9-6-10-16-21)27(19)18-12-4-3-11-17-25-24(28)29-2/h5-10,13-16H,3-4,11-12,17-18H2,1-2H3,(H,25,28). The minimum Gasteiger partial charge on any atom is -0.453 e. The molecule has 1 N–H and O–H groups in total. The van der Waals surface area contributed by atoms with Crippen LogP contribution in [0.1, 0.15) is 31.5 Å². The Morgan fingerprint density at radius 2 is 1.55 bits per heavy atom. The van der Waals surface area contributed by atoms with Gasteiger partial charge in [-0.2, -0.15) is 0 Å². The fourth-order valence-corrected chi connectivity index (χ4v) is 3.54. The van der Waals surface area contributed by atoms with Crippen LogP contribution < -0.4 is 5.32 Å². The third-order valence-electron chi connectivity index (χ3n) is 5.02. The van der Waals surface area contributed by atoms with Gasteiger partial charge in [0.2, 0.25) is 0 Å². The van der Waals surface area contributed by atoms with E-state index in [1.165, 1.54) is 18.4 Å². The molecular weight excluding hydrogens is 362 g/mol. The molecule has 1 heterocycles. The molecule has 5 heteroatoms. The second-order valence-electron chi connectivity index (χ2n) is 7.07. The molecule has 0 saturated heterocycles. The van der Waals surface area contributed by atoms with Crippen molar-refractivity contribution in [3.63, 3.8) is 0 Å². The second kappa shape index (κ2) is 10.5. The molecule has 0 spiro atoms. The number of imidazole rings is 1. The molecule has 1 aromatic heterocycles. The number of methoxy groups -OCH3 is 1. The van der Waals surface area contributed by atoms with Gasteiger partial charge >= 0.3 is 6.09 Å². The molecule has 152 valence electrons. The molecule has 0 aliphatic heterocycles. The number of rotatable bonds is 9. The van der Waals surface area contributed by atoms with Crippen molar-refractivity contribution in [1.82, 2.24) is 14.9 Å². The topological polar surface area (TPSA) is 56.1 Å².